The van der Waals surface area contributed by atoms with Crippen molar-refractivity contribution in [1.82, 2.24) is 0 Å². The lowest BCUT2D eigenvalue weighted by Crippen LogP contribution is -2.29. The van der Waals surface area contributed by atoms with Crippen LogP contribution < -0.4 is 5.32 Å². The third kappa shape index (κ3) is 3.06. The van der Waals surface area contributed by atoms with E-state index < -0.39 is 0 Å². The molecule has 0 aromatic heterocycles. The minimum Gasteiger partial charge on any atom is -0.333 e. The number of thioether (sulfide) groups is 1. The summed E-state index contributed by atoms with van der Waals surface area (Å²) in [5.74, 6) is 1.05. The smallest absolute Gasteiger partial charge is 0.161 e. The van der Waals surface area contributed by atoms with Gasteiger partial charge in [0, 0.05) is 10.8 Å². The highest BCUT2D eigenvalue weighted by molar-refractivity contribution is 8.14. The second kappa shape index (κ2) is 5.96. The summed E-state index contributed by atoms with van der Waals surface area (Å²) in [7, 11) is 0. The number of halogens is 3. The molecule has 0 saturated heterocycles. The molecule has 0 atom stereocenters. The van der Waals surface area contributed by atoms with Crippen LogP contribution in [0.15, 0.2) is 17.1 Å². The van der Waals surface area contributed by atoms with Crippen LogP contribution in [0.4, 0.5) is 5.69 Å². The van der Waals surface area contributed by atoms with Crippen molar-refractivity contribution in [3.63, 3.8) is 0 Å². The molecule has 1 spiro atoms. The highest BCUT2D eigenvalue weighted by Gasteiger charge is 2.36. The number of hydrogen-bond acceptors (Lipinski definition) is 3. The minimum atomic E-state index is 0.136. The highest BCUT2D eigenvalue weighted by atomic mass is 35.5. The quantitative estimate of drug-likeness (QED) is 0.686. The zero-order valence-electron chi connectivity index (χ0n) is 10.9. The largest absolute Gasteiger partial charge is 0.333 e. The molecule has 0 unspecified atom stereocenters. The van der Waals surface area contributed by atoms with Gasteiger partial charge in [-0.15, -0.1) is 0 Å². The molecule has 1 saturated carbocycles. The Labute approximate surface area is 138 Å². The molecule has 1 aliphatic carbocycles. The van der Waals surface area contributed by atoms with E-state index in [0.717, 1.165) is 10.9 Å². The third-order valence-electron chi connectivity index (χ3n) is 3.84. The van der Waals surface area contributed by atoms with Crippen molar-refractivity contribution in [2.45, 2.75) is 37.6 Å². The third-order valence-corrected chi connectivity index (χ3v) is 5.80. The first kappa shape index (κ1) is 14.8. The summed E-state index contributed by atoms with van der Waals surface area (Å²) in [4.78, 5) is 4.90. The van der Waals surface area contributed by atoms with Crippen LogP contribution in [-0.2, 0) is 0 Å². The summed E-state index contributed by atoms with van der Waals surface area (Å²) in [6.07, 6.45) is 6.26. The fourth-order valence-electron chi connectivity index (χ4n) is 2.78. The molecule has 3 rings (SSSR count). The van der Waals surface area contributed by atoms with E-state index in [1.54, 1.807) is 23.9 Å². The van der Waals surface area contributed by atoms with Gasteiger partial charge in [0.2, 0.25) is 0 Å². The van der Waals surface area contributed by atoms with E-state index in [2.05, 4.69) is 5.32 Å². The fourth-order valence-corrected chi connectivity index (χ4v) is 4.88. The Hall–Kier alpha value is -0.0900. The molecule has 1 fully saturated rings. The van der Waals surface area contributed by atoms with Gasteiger partial charge in [0.25, 0.3) is 0 Å². The van der Waals surface area contributed by atoms with E-state index in [0.29, 0.717) is 20.8 Å². The molecule has 108 valence electrons. The van der Waals surface area contributed by atoms with Crippen LogP contribution in [-0.4, -0.2) is 16.5 Å². The normalized spacial score (nSPS) is 21.1. The Bertz CT molecular complexity index is 530. The minimum absolute atomic E-state index is 0.136. The summed E-state index contributed by atoms with van der Waals surface area (Å²) < 4.78 is 0. The molecule has 1 heterocycles. The van der Waals surface area contributed by atoms with Crippen LogP contribution in [0.3, 0.4) is 0 Å². The summed E-state index contributed by atoms with van der Waals surface area (Å²) in [6, 6.07) is 3.38. The van der Waals surface area contributed by atoms with Gasteiger partial charge >= 0.3 is 0 Å². The number of nitrogens with one attached hydrogen (secondary N) is 1. The number of aliphatic imine (C=N–C) groups is 1. The van der Waals surface area contributed by atoms with Gasteiger partial charge in [0.1, 0.15) is 0 Å². The maximum absolute atomic E-state index is 6.19. The Morgan fingerprint density at radius 3 is 2.35 bits per heavy atom. The van der Waals surface area contributed by atoms with Crippen molar-refractivity contribution in [2.75, 3.05) is 11.1 Å². The van der Waals surface area contributed by atoms with Gasteiger partial charge in [-0.2, -0.15) is 0 Å². The zero-order valence-corrected chi connectivity index (χ0v) is 14.0. The summed E-state index contributed by atoms with van der Waals surface area (Å²) in [6.45, 7) is 0. The molecule has 1 aliphatic heterocycles. The van der Waals surface area contributed by atoms with E-state index >= 15 is 0 Å². The van der Waals surface area contributed by atoms with Crippen molar-refractivity contribution in [2.24, 2.45) is 4.99 Å². The van der Waals surface area contributed by atoms with Crippen molar-refractivity contribution in [3.8, 4) is 0 Å². The average Bonchev–Trinajstić information content (AvgIpc) is 2.77. The number of benzene rings is 1. The van der Waals surface area contributed by atoms with Gasteiger partial charge in [0.05, 0.1) is 21.3 Å². The lowest BCUT2D eigenvalue weighted by Gasteiger charge is -2.29. The molecule has 6 heteroatoms. The predicted octanol–water partition coefficient (Wildman–Crippen LogP) is 5.86. The summed E-state index contributed by atoms with van der Waals surface area (Å²) in [5.41, 5.74) is 0.827. The SMILES string of the molecule is Clc1cc(Cl)c(NC2=NC3(CCCCC3)CS2)c(Cl)c1. The second-order valence-electron chi connectivity index (χ2n) is 5.36. The molecule has 20 heavy (non-hydrogen) atoms. The standard InChI is InChI=1S/C14H15Cl3N2S/c15-9-6-10(16)12(11(17)7-9)18-13-19-14(8-20-13)4-2-1-3-5-14/h6-7H,1-5,8H2,(H,18,19). The number of nitrogens with zero attached hydrogens (tertiary/aromatic N) is 1. The van der Waals surface area contributed by atoms with Gasteiger partial charge in [-0.25, -0.2) is 0 Å². The van der Waals surface area contributed by atoms with Gasteiger partial charge in [-0.05, 0) is 25.0 Å². The zero-order chi connectivity index (χ0) is 14.2. The van der Waals surface area contributed by atoms with Gasteiger partial charge < -0.3 is 5.32 Å². The Kier molecular flexibility index (Phi) is 4.42. The van der Waals surface area contributed by atoms with Crippen LogP contribution in [0, 0.1) is 0 Å². The van der Waals surface area contributed by atoms with Crippen molar-refractivity contribution in [1.29, 1.82) is 0 Å². The van der Waals surface area contributed by atoms with E-state index in [1.165, 1.54) is 32.1 Å². The summed E-state index contributed by atoms with van der Waals surface area (Å²) >= 11 is 20.1. The van der Waals surface area contributed by atoms with Crippen LogP contribution >= 0.6 is 46.6 Å². The van der Waals surface area contributed by atoms with Gasteiger partial charge in [-0.3, -0.25) is 4.99 Å². The summed E-state index contributed by atoms with van der Waals surface area (Å²) in [5, 5.41) is 5.77. The molecular weight excluding hydrogens is 335 g/mol. The number of amidine groups is 1. The fraction of sp³-hybridized carbons (Fsp3) is 0.500. The number of hydrogen-bond donors (Lipinski definition) is 1. The molecule has 1 N–H and O–H groups in total. The first-order valence-corrected chi connectivity index (χ1v) is 8.84. The van der Waals surface area contributed by atoms with Crippen molar-refractivity contribution in [3.05, 3.63) is 27.2 Å². The Morgan fingerprint density at radius 2 is 1.70 bits per heavy atom. The lowest BCUT2D eigenvalue weighted by atomic mass is 9.84. The molecule has 0 radical (unpaired) electrons. The van der Waals surface area contributed by atoms with E-state index in [4.69, 9.17) is 39.8 Å². The lowest BCUT2D eigenvalue weighted by molar-refractivity contribution is 0.335. The van der Waals surface area contributed by atoms with Crippen LogP contribution in [0.5, 0.6) is 0 Å². The molecule has 2 aliphatic rings. The average molecular weight is 350 g/mol. The predicted molar refractivity (Wildman–Crippen MR) is 90.8 cm³/mol. The monoisotopic (exact) mass is 348 g/mol. The van der Waals surface area contributed by atoms with E-state index in [9.17, 15) is 0 Å². The maximum atomic E-state index is 6.19. The van der Waals surface area contributed by atoms with Crippen LogP contribution in [0.2, 0.25) is 15.1 Å². The Balaban J connectivity index is 1.80. The molecule has 1 aromatic carbocycles. The first-order valence-electron chi connectivity index (χ1n) is 6.72. The Morgan fingerprint density at radius 1 is 1.05 bits per heavy atom. The van der Waals surface area contributed by atoms with E-state index in [-0.39, 0.29) is 5.54 Å². The van der Waals surface area contributed by atoms with E-state index in [1.807, 2.05) is 0 Å². The van der Waals surface area contributed by atoms with Crippen LogP contribution in [0.1, 0.15) is 32.1 Å². The van der Waals surface area contributed by atoms with Gasteiger partial charge in [-0.1, -0.05) is 65.8 Å². The van der Waals surface area contributed by atoms with Crippen LogP contribution in [0.25, 0.3) is 0 Å². The molecular formula is C14H15Cl3N2S. The topological polar surface area (TPSA) is 24.4 Å². The van der Waals surface area contributed by atoms with Crippen molar-refractivity contribution >= 4 is 57.4 Å². The second-order valence-corrected chi connectivity index (χ2v) is 7.57. The number of anilines is 1. The molecule has 0 bridgehead atoms. The highest BCUT2D eigenvalue weighted by Crippen LogP contribution is 2.41. The van der Waals surface area contributed by atoms with Gasteiger partial charge in [0.15, 0.2) is 5.17 Å². The molecule has 1 aromatic rings. The first-order chi connectivity index (χ1) is 9.58. The maximum Gasteiger partial charge on any atom is 0.161 e. The molecule has 2 nitrogen and oxygen atoms in total. The van der Waals surface area contributed by atoms with Crippen molar-refractivity contribution < 1.29 is 0 Å². The number of rotatable bonds is 1. The molecule has 0 amide bonds.